The summed E-state index contributed by atoms with van der Waals surface area (Å²) in [4.78, 5) is 20.4. The number of carbonyl (C=O) groups is 1. The normalized spacial score (nSPS) is 12.1. The predicted molar refractivity (Wildman–Crippen MR) is 133 cm³/mol. The van der Waals surface area contributed by atoms with Crippen LogP contribution in [-0.2, 0) is 16.2 Å². The monoisotopic (exact) mass is 508 g/mol. The van der Waals surface area contributed by atoms with Crippen LogP contribution < -0.4 is 10.1 Å². The van der Waals surface area contributed by atoms with Crippen LogP contribution in [0.4, 0.5) is 14.9 Å². The van der Waals surface area contributed by atoms with Crippen molar-refractivity contribution in [1.29, 1.82) is 0 Å². The van der Waals surface area contributed by atoms with E-state index in [1.54, 1.807) is 31.5 Å². The summed E-state index contributed by atoms with van der Waals surface area (Å²) in [6.07, 6.45) is 2.30. The largest absolute Gasteiger partial charge is 0.444 e. The van der Waals surface area contributed by atoms with E-state index in [2.05, 4.69) is 34.9 Å². The van der Waals surface area contributed by atoms with E-state index in [1.807, 2.05) is 0 Å². The summed E-state index contributed by atoms with van der Waals surface area (Å²) in [6.45, 7) is 13.0. The molecule has 0 unspecified atom stereocenters. The Kier molecular flexibility index (Phi) is 7.84. The Labute approximate surface area is 204 Å². The number of ether oxygens (including phenoxy) is 3. The van der Waals surface area contributed by atoms with Crippen LogP contribution in [0.15, 0.2) is 30.7 Å². The highest BCUT2D eigenvalue weighted by Crippen LogP contribution is 2.34. The summed E-state index contributed by atoms with van der Waals surface area (Å²) in [6, 6.07) is 5.08. The van der Waals surface area contributed by atoms with Crippen molar-refractivity contribution >= 4 is 42.5 Å². The third kappa shape index (κ3) is 7.15. The van der Waals surface area contributed by atoms with E-state index < -0.39 is 25.6 Å². The number of nitrogens with one attached hydrogen (secondary N) is 1. The Morgan fingerprint density at radius 1 is 1.24 bits per heavy atom. The van der Waals surface area contributed by atoms with Crippen molar-refractivity contribution in [3.05, 3.63) is 41.6 Å². The second-order valence-corrected chi connectivity index (χ2v) is 16.1. The molecule has 1 amide bonds. The van der Waals surface area contributed by atoms with Gasteiger partial charge in [-0.15, -0.1) is 0 Å². The van der Waals surface area contributed by atoms with E-state index in [9.17, 15) is 9.18 Å². The molecule has 2 aromatic heterocycles. The van der Waals surface area contributed by atoms with Crippen LogP contribution in [0.25, 0.3) is 11.0 Å². The summed E-state index contributed by atoms with van der Waals surface area (Å²) in [5, 5.41) is 3.27. The Bertz CT molecular complexity index is 1170. The van der Waals surface area contributed by atoms with Crippen LogP contribution >= 0.6 is 11.6 Å². The first-order chi connectivity index (χ1) is 15.8. The molecule has 0 aliphatic carbocycles. The minimum Gasteiger partial charge on any atom is -0.444 e. The van der Waals surface area contributed by atoms with Gasteiger partial charge in [-0.05, 0) is 38.9 Å². The van der Waals surface area contributed by atoms with Gasteiger partial charge in [-0.2, -0.15) is 0 Å². The zero-order valence-electron chi connectivity index (χ0n) is 20.2. The first-order valence-electron chi connectivity index (χ1n) is 10.9. The van der Waals surface area contributed by atoms with Gasteiger partial charge in [0.15, 0.2) is 11.5 Å². The maximum atomic E-state index is 14.6. The van der Waals surface area contributed by atoms with Gasteiger partial charge < -0.3 is 18.8 Å². The van der Waals surface area contributed by atoms with Crippen LogP contribution in [-0.4, -0.2) is 40.9 Å². The lowest BCUT2D eigenvalue weighted by molar-refractivity contribution is 0.0635. The fraction of sp³-hybridized carbons (Fsp3) is 0.435. The number of hydrogen-bond acceptors (Lipinski definition) is 6. The molecule has 3 aromatic rings. The maximum Gasteiger partial charge on any atom is 0.412 e. The van der Waals surface area contributed by atoms with Gasteiger partial charge >= 0.3 is 6.09 Å². The van der Waals surface area contributed by atoms with Gasteiger partial charge in [-0.25, -0.2) is 19.2 Å². The molecule has 0 fully saturated rings. The highest BCUT2D eigenvalue weighted by molar-refractivity contribution is 6.76. The average molecular weight is 509 g/mol. The highest BCUT2D eigenvalue weighted by atomic mass is 35.5. The molecule has 8 nitrogen and oxygen atoms in total. The Morgan fingerprint density at radius 2 is 1.97 bits per heavy atom. The standard InChI is InChI=1S/C23H30ClFN4O4Si/c1-23(2,3)33-22(30)28-18-8-7-15(11-17(18)25)32-21-19-16(24)12-29(20(19)26-13-27-21)14-31-9-10-34(4,5)6/h7-8,11-13H,9-10,14H2,1-6H3,(H,28,30). The molecule has 11 heteroatoms. The Balaban J connectivity index is 1.74. The number of rotatable bonds is 8. The Morgan fingerprint density at radius 3 is 2.62 bits per heavy atom. The lowest BCUT2D eigenvalue weighted by Crippen LogP contribution is -2.27. The molecule has 184 valence electrons. The molecular weight excluding hydrogens is 479 g/mol. The zero-order chi connectivity index (χ0) is 25.1. The number of nitrogens with zero attached hydrogens (tertiary/aromatic N) is 3. The van der Waals surface area contributed by atoms with Gasteiger partial charge in [0.05, 0.1) is 10.7 Å². The summed E-state index contributed by atoms with van der Waals surface area (Å²) in [7, 11) is -1.19. The fourth-order valence-corrected chi connectivity index (χ4v) is 3.99. The molecule has 0 spiro atoms. The minimum atomic E-state index is -1.19. The van der Waals surface area contributed by atoms with Gasteiger partial charge in [-0.1, -0.05) is 31.2 Å². The Hall–Kier alpha value is -2.69. The molecule has 1 aromatic carbocycles. The van der Waals surface area contributed by atoms with E-state index >= 15 is 0 Å². The molecule has 0 radical (unpaired) electrons. The van der Waals surface area contributed by atoms with Crippen molar-refractivity contribution in [2.75, 3.05) is 11.9 Å². The van der Waals surface area contributed by atoms with Crippen molar-refractivity contribution in [3.8, 4) is 11.6 Å². The predicted octanol–water partition coefficient (Wildman–Crippen LogP) is 6.68. The highest BCUT2D eigenvalue weighted by Gasteiger charge is 2.19. The molecule has 0 saturated heterocycles. The molecule has 2 heterocycles. The maximum absolute atomic E-state index is 14.6. The van der Waals surface area contributed by atoms with Crippen LogP contribution in [0.2, 0.25) is 30.7 Å². The second-order valence-electron chi connectivity index (χ2n) is 10.0. The molecule has 0 atom stereocenters. The van der Waals surface area contributed by atoms with Crippen LogP contribution in [0.1, 0.15) is 20.8 Å². The van der Waals surface area contributed by atoms with E-state index in [0.717, 1.165) is 12.1 Å². The average Bonchev–Trinajstić information content (AvgIpc) is 3.02. The quantitative estimate of drug-likeness (QED) is 0.270. The molecular formula is C23H30ClFN4O4Si. The van der Waals surface area contributed by atoms with E-state index in [-0.39, 0.29) is 17.3 Å². The molecule has 0 saturated carbocycles. The number of fused-ring (bicyclic) bond motifs is 1. The molecule has 0 bridgehead atoms. The van der Waals surface area contributed by atoms with Crippen LogP contribution in [0.3, 0.4) is 0 Å². The summed E-state index contributed by atoms with van der Waals surface area (Å²) in [5.74, 6) is -0.321. The second kappa shape index (κ2) is 10.3. The molecule has 1 N–H and O–H groups in total. The van der Waals surface area contributed by atoms with Crippen molar-refractivity contribution < 1.29 is 23.4 Å². The molecule has 0 aliphatic rings. The number of anilines is 1. The van der Waals surface area contributed by atoms with Gasteiger partial charge in [-0.3, -0.25) is 5.32 Å². The van der Waals surface area contributed by atoms with E-state index in [4.69, 9.17) is 25.8 Å². The topological polar surface area (TPSA) is 87.5 Å². The number of benzene rings is 1. The van der Waals surface area contributed by atoms with Gasteiger partial charge in [0.1, 0.15) is 29.8 Å². The number of carbonyl (C=O) groups excluding carboxylic acids is 1. The third-order valence-corrected chi connectivity index (χ3v) is 6.58. The number of amides is 1. The number of halogens is 2. The third-order valence-electron chi connectivity index (χ3n) is 4.59. The number of hydrogen-bond donors (Lipinski definition) is 1. The zero-order valence-corrected chi connectivity index (χ0v) is 22.0. The van der Waals surface area contributed by atoms with Crippen molar-refractivity contribution in [1.82, 2.24) is 14.5 Å². The first kappa shape index (κ1) is 25.9. The minimum absolute atomic E-state index is 0.0333. The van der Waals surface area contributed by atoms with E-state index in [1.165, 1.54) is 18.5 Å². The van der Waals surface area contributed by atoms with Gasteiger partial charge in [0, 0.05) is 26.9 Å². The van der Waals surface area contributed by atoms with Crippen molar-refractivity contribution in [2.45, 2.75) is 58.8 Å². The van der Waals surface area contributed by atoms with Crippen LogP contribution in [0.5, 0.6) is 11.6 Å². The lowest BCUT2D eigenvalue weighted by Gasteiger charge is -2.19. The smallest absolute Gasteiger partial charge is 0.412 e. The summed E-state index contributed by atoms with van der Waals surface area (Å²) in [5.41, 5.74) is -0.183. The molecule has 0 aliphatic heterocycles. The van der Waals surface area contributed by atoms with Gasteiger partial charge in [0.2, 0.25) is 5.88 Å². The number of aromatic nitrogens is 3. The molecule has 34 heavy (non-hydrogen) atoms. The fourth-order valence-electron chi connectivity index (χ4n) is 2.95. The SMILES string of the molecule is CC(C)(C)OC(=O)Nc1ccc(Oc2ncnc3c2c(Cl)cn3COCC[Si](C)(C)C)cc1F. The summed E-state index contributed by atoms with van der Waals surface area (Å²) >= 11 is 6.44. The van der Waals surface area contributed by atoms with Crippen LogP contribution in [0, 0.1) is 5.82 Å². The van der Waals surface area contributed by atoms with E-state index in [0.29, 0.717) is 29.4 Å². The summed E-state index contributed by atoms with van der Waals surface area (Å²) < 4.78 is 33.1. The van der Waals surface area contributed by atoms with Gasteiger partial charge in [0.25, 0.3) is 0 Å². The van der Waals surface area contributed by atoms with Crippen molar-refractivity contribution in [3.63, 3.8) is 0 Å². The first-order valence-corrected chi connectivity index (χ1v) is 15.0. The lowest BCUT2D eigenvalue weighted by atomic mass is 10.2. The van der Waals surface area contributed by atoms with Crippen molar-refractivity contribution in [2.24, 2.45) is 0 Å². The molecule has 3 rings (SSSR count).